The molecule has 3 aliphatic rings. The molecule has 2 aliphatic carbocycles. The van der Waals surface area contributed by atoms with Gasteiger partial charge in [-0.3, -0.25) is 4.79 Å². The van der Waals surface area contributed by atoms with Crippen LogP contribution in [0.25, 0.3) is 0 Å². The van der Waals surface area contributed by atoms with Crippen molar-refractivity contribution >= 4 is 18.3 Å². The van der Waals surface area contributed by atoms with Crippen LogP contribution >= 0.6 is 12.4 Å². The fourth-order valence-corrected chi connectivity index (χ4v) is 4.93. The van der Waals surface area contributed by atoms with Crippen LogP contribution in [0.3, 0.4) is 0 Å². The van der Waals surface area contributed by atoms with Crippen LogP contribution in [-0.4, -0.2) is 29.9 Å². The van der Waals surface area contributed by atoms with Gasteiger partial charge in [-0.2, -0.15) is 0 Å². The largest absolute Gasteiger partial charge is 0.342 e. The summed E-state index contributed by atoms with van der Waals surface area (Å²) in [4.78, 5) is 15.2. The summed E-state index contributed by atoms with van der Waals surface area (Å²) >= 11 is 0. The lowest BCUT2D eigenvalue weighted by Crippen LogP contribution is -2.39. The van der Waals surface area contributed by atoms with Gasteiger partial charge >= 0.3 is 0 Å². The van der Waals surface area contributed by atoms with Crippen LogP contribution in [0.1, 0.15) is 49.1 Å². The maximum absolute atomic E-state index is 13.1. The lowest BCUT2D eigenvalue weighted by Gasteiger charge is -2.29. The van der Waals surface area contributed by atoms with Crippen LogP contribution in [0.5, 0.6) is 0 Å². The van der Waals surface area contributed by atoms with Gasteiger partial charge in [0.2, 0.25) is 5.91 Å². The van der Waals surface area contributed by atoms with Crippen molar-refractivity contribution in [1.82, 2.24) is 4.90 Å². The third-order valence-corrected chi connectivity index (χ3v) is 6.13. The number of aryl methyl sites for hydroxylation is 1. The number of amides is 1. The number of fused-ring (bicyclic) bond motifs is 2. The molecule has 1 amide bonds. The summed E-state index contributed by atoms with van der Waals surface area (Å²) in [5.74, 6) is 1.62. The minimum Gasteiger partial charge on any atom is -0.342 e. The zero-order chi connectivity index (χ0) is 15.1. The van der Waals surface area contributed by atoms with Gasteiger partial charge in [-0.05, 0) is 55.1 Å². The molecule has 2 N–H and O–H groups in total. The van der Waals surface area contributed by atoms with E-state index >= 15 is 0 Å². The summed E-state index contributed by atoms with van der Waals surface area (Å²) in [5.41, 5.74) is 8.95. The van der Waals surface area contributed by atoms with Crippen LogP contribution in [0, 0.1) is 11.8 Å². The summed E-state index contributed by atoms with van der Waals surface area (Å²) < 4.78 is 0. The van der Waals surface area contributed by atoms with Crippen molar-refractivity contribution in [3.05, 3.63) is 35.4 Å². The number of rotatable bonds is 1. The number of hydrogen-bond acceptors (Lipinski definition) is 2. The van der Waals surface area contributed by atoms with E-state index in [1.165, 1.54) is 24.0 Å². The topological polar surface area (TPSA) is 46.3 Å². The van der Waals surface area contributed by atoms with E-state index in [4.69, 9.17) is 5.73 Å². The minimum atomic E-state index is 0. The van der Waals surface area contributed by atoms with E-state index in [0.29, 0.717) is 23.8 Å². The number of hydrogen-bond donors (Lipinski definition) is 1. The maximum atomic E-state index is 13.1. The summed E-state index contributed by atoms with van der Waals surface area (Å²) in [6.07, 6.45) is 6.88. The van der Waals surface area contributed by atoms with E-state index in [0.717, 1.165) is 38.8 Å². The number of benzene rings is 1. The first-order valence-electron chi connectivity index (χ1n) is 8.86. The Morgan fingerprint density at radius 1 is 1.09 bits per heavy atom. The fourth-order valence-electron chi connectivity index (χ4n) is 4.93. The molecule has 2 fully saturated rings. The molecule has 1 saturated heterocycles. The number of likely N-dealkylation sites (tertiary alicyclic amines) is 1. The predicted molar refractivity (Wildman–Crippen MR) is 94.8 cm³/mol. The minimum absolute atomic E-state index is 0. The molecule has 0 bridgehead atoms. The number of carbonyl (C=O) groups excluding carboxylic acids is 1. The zero-order valence-electron chi connectivity index (χ0n) is 13.6. The molecule has 0 aromatic heterocycles. The van der Waals surface area contributed by atoms with E-state index in [-0.39, 0.29) is 18.3 Å². The molecule has 4 unspecified atom stereocenters. The highest BCUT2D eigenvalue weighted by atomic mass is 35.5. The molecule has 4 atom stereocenters. The highest BCUT2D eigenvalue weighted by Crippen LogP contribution is 2.39. The third-order valence-electron chi connectivity index (χ3n) is 6.13. The average Bonchev–Trinajstić information content (AvgIpc) is 2.99. The van der Waals surface area contributed by atoms with Crippen molar-refractivity contribution in [2.24, 2.45) is 17.6 Å². The third kappa shape index (κ3) is 3.01. The molecule has 23 heavy (non-hydrogen) atoms. The van der Waals surface area contributed by atoms with Gasteiger partial charge in [-0.1, -0.05) is 30.7 Å². The van der Waals surface area contributed by atoms with Crippen molar-refractivity contribution in [1.29, 1.82) is 0 Å². The molecule has 0 radical (unpaired) electrons. The lowest BCUT2D eigenvalue weighted by molar-refractivity contribution is -0.132. The van der Waals surface area contributed by atoms with Crippen LogP contribution in [-0.2, 0) is 11.2 Å². The van der Waals surface area contributed by atoms with Gasteiger partial charge in [-0.15, -0.1) is 12.4 Å². The van der Waals surface area contributed by atoms with Gasteiger partial charge in [0.1, 0.15) is 0 Å². The normalized spacial score (nSPS) is 32.7. The van der Waals surface area contributed by atoms with E-state index in [1.54, 1.807) is 0 Å². The Bertz CT molecular complexity index is 576. The molecule has 3 nitrogen and oxygen atoms in total. The van der Waals surface area contributed by atoms with Crippen LogP contribution < -0.4 is 5.73 Å². The second-order valence-corrected chi connectivity index (χ2v) is 7.41. The van der Waals surface area contributed by atoms with Crippen LogP contribution in [0.4, 0.5) is 0 Å². The Kier molecular flexibility index (Phi) is 4.98. The van der Waals surface area contributed by atoms with E-state index in [1.807, 2.05) is 0 Å². The summed E-state index contributed by atoms with van der Waals surface area (Å²) in [6.45, 7) is 1.83. The highest BCUT2D eigenvalue weighted by molar-refractivity contribution is 5.85. The quantitative estimate of drug-likeness (QED) is 0.857. The number of carbonyl (C=O) groups is 1. The predicted octanol–water partition coefficient (Wildman–Crippen LogP) is 3.11. The maximum Gasteiger partial charge on any atom is 0.230 e. The van der Waals surface area contributed by atoms with Crippen molar-refractivity contribution < 1.29 is 4.79 Å². The van der Waals surface area contributed by atoms with Crippen LogP contribution in [0.2, 0.25) is 0 Å². The molecule has 1 aliphatic heterocycles. The van der Waals surface area contributed by atoms with E-state index in [9.17, 15) is 4.79 Å². The Morgan fingerprint density at radius 2 is 1.91 bits per heavy atom. The smallest absolute Gasteiger partial charge is 0.230 e. The molecular weight excluding hydrogens is 308 g/mol. The first-order chi connectivity index (χ1) is 10.7. The monoisotopic (exact) mass is 334 g/mol. The molecular formula is C19H27ClN2O. The van der Waals surface area contributed by atoms with E-state index in [2.05, 4.69) is 29.2 Å². The molecule has 126 valence electrons. The van der Waals surface area contributed by atoms with Gasteiger partial charge in [0, 0.05) is 19.1 Å². The first-order valence-corrected chi connectivity index (χ1v) is 8.86. The molecule has 0 spiro atoms. The van der Waals surface area contributed by atoms with Gasteiger partial charge in [0.05, 0.1) is 5.92 Å². The van der Waals surface area contributed by atoms with Crippen molar-refractivity contribution in [2.75, 3.05) is 13.1 Å². The zero-order valence-corrected chi connectivity index (χ0v) is 14.4. The Labute approximate surface area is 145 Å². The SMILES string of the molecule is Cl.NC1CCCC2CN(C(=O)C3CCCc4ccccc43)CC12. The number of nitrogens with two attached hydrogens (primary N) is 1. The Balaban J connectivity index is 0.00000156. The van der Waals surface area contributed by atoms with Crippen LogP contribution in [0.15, 0.2) is 24.3 Å². The van der Waals surface area contributed by atoms with Crippen molar-refractivity contribution in [2.45, 2.75) is 50.5 Å². The van der Waals surface area contributed by atoms with Gasteiger partial charge in [0.15, 0.2) is 0 Å². The van der Waals surface area contributed by atoms with E-state index < -0.39 is 0 Å². The Hall–Kier alpha value is -1.06. The summed E-state index contributed by atoms with van der Waals surface area (Å²) in [6, 6.07) is 8.81. The molecule has 4 heteroatoms. The standard InChI is InChI=1S/C19H26N2O.ClH/c20-18-10-4-7-14-11-21(12-17(14)18)19(22)16-9-3-6-13-5-1-2-8-15(13)16;/h1-2,5,8,14,16-18H,3-4,6-7,9-12,20H2;1H. The molecule has 4 rings (SSSR count). The van der Waals surface area contributed by atoms with Crippen molar-refractivity contribution in [3.8, 4) is 0 Å². The number of halogens is 1. The first kappa shape index (κ1) is 16.8. The summed E-state index contributed by atoms with van der Waals surface area (Å²) in [5, 5.41) is 0. The molecule has 1 aromatic rings. The van der Waals surface area contributed by atoms with Gasteiger partial charge in [0.25, 0.3) is 0 Å². The molecule has 1 saturated carbocycles. The molecule has 1 heterocycles. The number of nitrogens with zero attached hydrogens (tertiary/aromatic N) is 1. The average molecular weight is 335 g/mol. The second kappa shape index (κ2) is 6.82. The fraction of sp³-hybridized carbons (Fsp3) is 0.632. The van der Waals surface area contributed by atoms with Crippen molar-refractivity contribution in [3.63, 3.8) is 0 Å². The second-order valence-electron chi connectivity index (χ2n) is 7.41. The highest BCUT2D eigenvalue weighted by Gasteiger charge is 2.42. The Morgan fingerprint density at radius 3 is 2.74 bits per heavy atom. The lowest BCUT2D eigenvalue weighted by atomic mass is 9.78. The van der Waals surface area contributed by atoms with Gasteiger partial charge < -0.3 is 10.6 Å². The van der Waals surface area contributed by atoms with Gasteiger partial charge in [-0.25, -0.2) is 0 Å². The summed E-state index contributed by atoms with van der Waals surface area (Å²) in [7, 11) is 0. The molecule has 1 aromatic carbocycles.